The summed E-state index contributed by atoms with van der Waals surface area (Å²) in [5, 5.41) is 0. The van der Waals surface area contributed by atoms with Crippen molar-refractivity contribution >= 4 is 31.9 Å². The summed E-state index contributed by atoms with van der Waals surface area (Å²) in [5.41, 5.74) is 0. The maximum absolute atomic E-state index is 3.13. The van der Waals surface area contributed by atoms with Gasteiger partial charge in [-0.15, -0.1) is 0 Å². The van der Waals surface area contributed by atoms with E-state index in [-0.39, 0.29) is 0 Å². The Kier molecular flexibility index (Phi) is 7.34. The average molecular weight is 238 g/mol. The van der Waals surface area contributed by atoms with Crippen LogP contribution in [0.5, 0.6) is 0 Å². The van der Waals surface area contributed by atoms with Gasteiger partial charge in [-0.25, -0.2) is 0 Å². The molecule has 2 heteroatoms. The van der Waals surface area contributed by atoms with Gasteiger partial charge in [0, 0.05) is 0 Å². The van der Waals surface area contributed by atoms with Crippen molar-refractivity contribution in [3.63, 3.8) is 0 Å². The molecule has 0 saturated carbocycles. The molecular formula is C6H6Br2. The lowest BCUT2D eigenvalue weighted by Crippen LogP contribution is -1.43. The van der Waals surface area contributed by atoms with Gasteiger partial charge in [-0.1, -0.05) is 56.2 Å². The molecule has 0 atom stereocenters. The van der Waals surface area contributed by atoms with Crippen LogP contribution in [0.4, 0.5) is 0 Å². The molecule has 0 aromatic rings. The quantitative estimate of drug-likeness (QED) is 0.647. The third-order valence-corrected chi connectivity index (χ3v) is 1.09. The molecule has 0 unspecified atom stereocenters. The predicted octanol–water partition coefficient (Wildman–Crippen LogP) is 3.36. The number of allylic oxidation sites excluding steroid dienone is 4. The monoisotopic (exact) mass is 236 g/mol. The summed E-state index contributed by atoms with van der Waals surface area (Å²) in [4.78, 5) is 3.59. The van der Waals surface area contributed by atoms with Gasteiger partial charge in [0.15, 0.2) is 0 Å². The highest BCUT2D eigenvalue weighted by molar-refractivity contribution is 9.11. The Hall–Kier alpha value is 0.180. The minimum atomic E-state index is 1.80. The lowest BCUT2D eigenvalue weighted by molar-refractivity contribution is 1.97. The van der Waals surface area contributed by atoms with Gasteiger partial charge < -0.3 is 0 Å². The van der Waals surface area contributed by atoms with Crippen LogP contribution in [0.2, 0.25) is 0 Å². The van der Waals surface area contributed by atoms with E-state index in [1.54, 1.807) is 9.97 Å². The largest absolute Gasteiger partial charge is 0.0617 e. The van der Waals surface area contributed by atoms with Crippen LogP contribution in [0.1, 0.15) is 0 Å². The molecule has 0 amide bonds. The van der Waals surface area contributed by atoms with Crippen LogP contribution in [-0.2, 0) is 0 Å². The van der Waals surface area contributed by atoms with Crippen molar-refractivity contribution < 1.29 is 0 Å². The van der Waals surface area contributed by atoms with E-state index >= 15 is 0 Å². The Labute approximate surface area is 66.2 Å². The first-order chi connectivity index (χ1) is 3.91. The molecule has 0 saturated heterocycles. The highest BCUT2D eigenvalue weighted by Crippen LogP contribution is 1.86. The Morgan fingerprint density at radius 2 is 1.00 bits per heavy atom. The molecule has 0 aliphatic heterocycles. The molecule has 0 aliphatic carbocycles. The molecule has 8 heavy (non-hydrogen) atoms. The SMILES string of the molecule is Br\C=C/C=C/C=C\Br. The first kappa shape index (κ1) is 8.18. The molecule has 0 heterocycles. The number of hydrogen-bond donors (Lipinski definition) is 0. The zero-order chi connectivity index (χ0) is 6.24. The van der Waals surface area contributed by atoms with Gasteiger partial charge in [-0.2, -0.15) is 0 Å². The van der Waals surface area contributed by atoms with Crippen LogP contribution in [0, 0.1) is 0 Å². The summed E-state index contributed by atoms with van der Waals surface area (Å²) < 4.78 is 0. The lowest BCUT2D eigenvalue weighted by Gasteiger charge is -1.66. The summed E-state index contributed by atoms with van der Waals surface area (Å²) in [5.74, 6) is 0. The number of rotatable bonds is 2. The number of halogens is 2. The normalized spacial score (nSPS) is 12.8. The van der Waals surface area contributed by atoms with E-state index in [1.165, 1.54) is 0 Å². The molecule has 44 valence electrons. The van der Waals surface area contributed by atoms with Crippen molar-refractivity contribution in [1.29, 1.82) is 0 Å². The van der Waals surface area contributed by atoms with Gasteiger partial charge in [0.2, 0.25) is 0 Å². The maximum atomic E-state index is 3.13. The molecule has 0 aliphatic rings. The van der Waals surface area contributed by atoms with Crippen molar-refractivity contribution in [2.45, 2.75) is 0 Å². The molecular weight excluding hydrogens is 232 g/mol. The van der Waals surface area contributed by atoms with Gasteiger partial charge in [-0.3, -0.25) is 0 Å². The summed E-state index contributed by atoms with van der Waals surface area (Å²) in [6.07, 6.45) is 7.64. The predicted molar refractivity (Wildman–Crippen MR) is 45.3 cm³/mol. The van der Waals surface area contributed by atoms with Gasteiger partial charge in [0.25, 0.3) is 0 Å². The zero-order valence-corrected chi connectivity index (χ0v) is 7.39. The smallest absolute Gasteiger partial charge is 0.0189 e. The Morgan fingerprint density at radius 1 is 0.625 bits per heavy atom. The van der Waals surface area contributed by atoms with Gasteiger partial charge in [0.1, 0.15) is 0 Å². The van der Waals surface area contributed by atoms with Crippen molar-refractivity contribution in [2.24, 2.45) is 0 Å². The second-order valence-corrected chi connectivity index (χ2v) is 2.08. The molecule has 0 aromatic carbocycles. The number of hydrogen-bond acceptors (Lipinski definition) is 0. The van der Waals surface area contributed by atoms with E-state index in [1.807, 2.05) is 24.3 Å². The summed E-state index contributed by atoms with van der Waals surface area (Å²) in [7, 11) is 0. The molecule has 0 aromatic heterocycles. The zero-order valence-electron chi connectivity index (χ0n) is 4.22. The van der Waals surface area contributed by atoms with E-state index in [0.717, 1.165) is 0 Å². The van der Waals surface area contributed by atoms with Crippen molar-refractivity contribution in [3.05, 3.63) is 34.3 Å². The topological polar surface area (TPSA) is 0 Å². The molecule has 0 nitrogen and oxygen atoms in total. The third-order valence-electron chi connectivity index (χ3n) is 0.479. The molecule has 0 radical (unpaired) electrons. The third kappa shape index (κ3) is 6.18. The fourth-order valence-electron chi connectivity index (χ4n) is 0.212. The molecule has 0 N–H and O–H groups in total. The van der Waals surface area contributed by atoms with Crippen LogP contribution in [-0.4, -0.2) is 0 Å². The van der Waals surface area contributed by atoms with Crippen LogP contribution in [0.3, 0.4) is 0 Å². The van der Waals surface area contributed by atoms with Gasteiger partial charge in [0.05, 0.1) is 0 Å². The van der Waals surface area contributed by atoms with Gasteiger partial charge in [-0.05, 0) is 9.97 Å². The fraction of sp³-hybridized carbons (Fsp3) is 0. The Balaban J connectivity index is 3.35. The van der Waals surface area contributed by atoms with E-state index in [4.69, 9.17) is 0 Å². The second-order valence-electron chi connectivity index (χ2n) is 1.02. The van der Waals surface area contributed by atoms with Crippen molar-refractivity contribution in [2.75, 3.05) is 0 Å². The second kappa shape index (κ2) is 7.18. The van der Waals surface area contributed by atoms with E-state index in [0.29, 0.717) is 0 Å². The molecule has 0 rings (SSSR count). The fourth-order valence-corrected chi connectivity index (χ4v) is 0.565. The van der Waals surface area contributed by atoms with E-state index < -0.39 is 0 Å². The lowest BCUT2D eigenvalue weighted by atomic mass is 10.5. The molecule has 0 bridgehead atoms. The van der Waals surface area contributed by atoms with E-state index in [2.05, 4.69) is 31.9 Å². The highest BCUT2D eigenvalue weighted by Gasteiger charge is 1.56. The first-order valence-electron chi connectivity index (χ1n) is 2.10. The maximum Gasteiger partial charge on any atom is -0.0189 e. The van der Waals surface area contributed by atoms with Crippen molar-refractivity contribution in [3.8, 4) is 0 Å². The molecule has 0 fully saturated rings. The molecule has 0 spiro atoms. The summed E-state index contributed by atoms with van der Waals surface area (Å²) in [6.45, 7) is 0. The highest BCUT2D eigenvalue weighted by atomic mass is 79.9. The summed E-state index contributed by atoms with van der Waals surface area (Å²) >= 11 is 6.27. The average Bonchev–Trinajstić information content (AvgIpc) is 1.81. The van der Waals surface area contributed by atoms with Crippen LogP contribution < -0.4 is 0 Å². The van der Waals surface area contributed by atoms with E-state index in [9.17, 15) is 0 Å². The summed E-state index contributed by atoms with van der Waals surface area (Å²) in [6, 6.07) is 0. The van der Waals surface area contributed by atoms with Gasteiger partial charge >= 0.3 is 0 Å². The standard InChI is InChI=1S/C6H6Br2/c7-5-3-1-2-4-6-8/h1-6H/b2-1+,5-3-,6-4-. The minimum Gasteiger partial charge on any atom is -0.0617 e. The van der Waals surface area contributed by atoms with Crippen LogP contribution >= 0.6 is 31.9 Å². The Morgan fingerprint density at radius 3 is 1.25 bits per heavy atom. The minimum absolute atomic E-state index is 1.80. The first-order valence-corrected chi connectivity index (χ1v) is 3.93. The van der Waals surface area contributed by atoms with Crippen molar-refractivity contribution in [1.82, 2.24) is 0 Å². The Bertz CT molecular complexity index is 97.7. The van der Waals surface area contributed by atoms with Crippen LogP contribution in [0.25, 0.3) is 0 Å². The van der Waals surface area contributed by atoms with Crippen LogP contribution in [0.15, 0.2) is 34.3 Å².